The number of nitrogens with zero attached hydrogens (tertiary/aromatic N) is 5. The molecule has 56 heavy (non-hydrogen) atoms. The third-order valence-electron chi connectivity index (χ3n) is 10.8. The maximum Gasteiger partial charge on any atom is 0.160 e. The van der Waals surface area contributed by atoms with E-state index < -0.39 is 0 Å². The lowest BCUT2D eigenvalue weighted by Gasteiger charge is -2.12. The molecule has 5 heteroatoms. The van der Waals surface area contributed by atoms with Gasteiger partial charge in [0, 0.05) is 55.8 Å². The molecule has 0 N–H and O–H groups in total. The summed E-state index contributed by atoms with van der Waals surface area (Å²) in [4.78, 5) is 15.1. The van der Waals surface area contributed by atoms with Gasteiger partial charge in [0.05, 0.1) is 27.9 Å². The third-order valence-corrected chi connectivity index (χ3v) is 10.8. The van der Waals surface area contributed by atoms with E-state index in [0.29, 0.717) is 5.82 Å². The Morgan fingerprint density at radius 1 is 0.321 bits per heavy atom. The fourth-order valence-electron chi connectivity index (χ4n) is 8.17. The van der Waals surface area contributed by atoms with Crippen molar-refractivity contribution >= 4 is 43.7 Å². The first-order valence-electron chi connectivity index (χ1n) is 18.9. The molecule has 0 amide bonds. The molecule has 11 aromatic rings. The molecule has 0 atom stereocenters. The van der Waals surface area contributed by atoms with Gasteiger partial charge < -0.3 is 4.57 Å². The van der Waals surface area contributed by atoms with E-state index in [9.17, 15) is 0 Å². The molecule has 0 bridgehead atoms. The van der Waals surface area contributed by atoms with Gasteiger partial charge >= 0.3 is 0 Å². The van der Waals surface area contributed by atoms with Crippen LogP contribution in [0, 0.1) is 0 Å². The van der Waals surface area contributed by atoms with Crippen LogP contribution >= 0.6 is 0 Å². The van der Waals surface area contributed by atoms with Crippen molar-refractivity contribution in [1.82, 2.24) is 24.1 Å². The standard InChI is InChI=1S/C51H33N5/c1-4-14-34(15-5-1)45-33-46(35-16-6-2-7-17-35)54-50(53-45)38-18-12-21-40(30-38)55-47-24-11-10-22-41(47)44-31-36(26-28-48(44)55)37-25-27-42-43-23-13-29-52-51(43)56(49(42)32-37)39-19-8-3-9-20-39/h1-33H. The molecule has 11 rings (SSSR count). The summed E-state index contributed by atoms with van der Waals surface area (Å²) in [6.07, 6.45) is 1.87. The lowest BCUT2D eigenvalue weighted by atomic mass is 10.0. The molecular formula is C51H33N5. The van der Waals surface area contributed by atoms with E-state index in [1.165, 1.54) is 16.2 Å². The normalized spacial score (nSPS) is 11.6. The van der Waals surface area contributed by atoms with Gasteiger partial charge in [-0.25, -0.2) is 15.0 Å². The van der Waals surface area contributed by atoms with E-state index in [-0.39, 0.29) is 0 Å². The maximum absolute atomic E-state index is 5.13. The molecule has 0 fully saturated rings. The van der Waals surface area contributed by atoms with Crippen molar-refractivity contribution in [2.75, 3.05) is 0 Å². The number of aromatic nitrogens is 5. The molecule has 262 valence electrons. The van der Waals surface area contributed by atoms with Crippen molar-refractivity contribution in [3.05, 3.63) is 200 Å². The third kappa shape index (κ3) is 5.29. The molecule has 0 spiro atoms. The Kier molecular flexibility index (Phi) is 7.42. The van der Waals surface area contributed by atoms with Gasteiger partial charge in [0.25, 0.3) is 0 Å². The van der Waals surface area contributed by atoms with E-state index in [2.05, 4.69) is 161 Å². The fourth-order valence-corrected chi connectivity index (χ4v) is 8.17. The highest BCUT2D eigenvalue weighted by Crippen LogP contribution is 2.38. The highest BCUT2D eigenvalue weighted by molar-refractivity contribution is 6.12. The van der Waals surface area contributed by atoms with Gasteiger partial charge in [-0.3, -0.25) is 4.57 Å². The van der Waals surface area contributed by atoms with Crippen molar-refractivity contribution < 1.29 is 0 Å². The summed E-state index contributed by atoms with van der Waals surface area (Å²) >= 11 is 0. The zero-order valence-corrected chi connectivity index (χ0v) is 30.3. The predicted molar refractivity (Wildman–Crippen MR) is 230 cm³/mol. The number of pyridine rings is 1. The smallest absolute Gasteiger partial charge is 0.160 e. The molecule has 0 unspecified atom stereocenters. The number of hydrogen-bond donors (Lipinski definition) is 0. The predicted octanol–water partition coefficient (Wildman–Crippen LogP) is 12.7. The zero-order chi connectivity index (χ0) is 37.0. The fraction of sp³-hybridized carbons (Fsp3) is 0. The Bertz CT molecular complexity index is 3180. The van der Waals surface area contributed by atoms with E-state index in [0.717, 1.165) is 78.2 Å². The van der Waals surface area contributed by atoms with E-state index in [4.69, 9.17) is 15.0 Å². The zero-order valence-electron chi connectivity index (χ0n) is 30.3. The van der Waals surface area contributed by atoms with Crippen LogP contribution in [0.5, 0.6) is 0 Å². The molecule has 0 aliphatic heterocycles. The van der Waals surface area contributed by atoms with Crippen LogP contribution in [0.2, 0.25) is 0 Å². The Balaban J connectivity index is 1.06. The van der Waals surface area contributed by atoms with E-state index >= 15 is 0 Å². The van der Waals surface area contributed by atoms with Gasteiger partial charge in [0.2, 0.25) is 0 Å². The quantitative estimate of drug-likeness (QED) is 0.172. The second-order valence-corrected chi connectivity index (χ2v) is 14.1. The minimum absolute atomic E-state index is 0.689. The van der Waals surface area contributed by atoms with Crippen molar-refractivity contribution in [2.45, 2.75) is 0 Å². The van der Waals surface area contributed by atoms with Gasteiger partial charge in [-0.15, -0.1) is 0 Å². The van der Waals surface area contributed by atoms with Crippen LogP contribution in [-0.4, -0.2) is 24.1 Å². The van der Waals surface area contributed by atoms with Crippen LogP contribution in [-0.2, 0) is 0 Å². The summed E-state index contributed by atoms with van der Waals surface area (Å²) in [5.41, 5.74) is 13.7. The largest absolute Gasteiger partial charge is 0.309 e. The first kappa shape index (κ1) is 31.9. The van der Waals surface area contributed by atoms with Gasteiger partial charge in [0.1, 0.15) is 5.65 Å². The Morgan fingerprint density at radius 2 is 0.911 bits per heavy atom. The van der Waals surface area contributed by atoms with Crippen LogP contribution in [0.3, 0.4) is 0 Å². The van der Waals surface area contributed by atoms with Crippen molar-refractivity contribution in [3.8, 4) is 56.4 Å². The molecular weight excluding hydrogens is 683 g/mol. The minimum Gasteiger partial charge on any atom is -0.309 e. The van der Waals surface area contributed by atoms with Crippen molar-refractivity contribution in [3.63, 3.8) is 0 Å². The van der Waals surface area contributed by atoms with Crippen molar-refractivity contribution in [2.24, 2.45) is 0 Å². The molecule has 4 heterocycles. The number of fused-ring (bicyclic) bond motifs is 6. The first-order chi connectivity index (χ1) is 27.8. The minimum atomic E-state index is 0.689. The Labute approximate surface area is 323 Å². The molecule has 0 aliphatic carbocycles. The summed E-state index contributed by atoms with van der Waals surface area (Å²) in [5, 5.41) is 4.73. The maximum atomic E-state index is 5.13. The van der Waals surface area contributed by atoms with Crippen LogP contribution in [0.25, 0.3) is 100 Å². The SMILES string of the molecule is c1ccc(-c2cc(-c3ccccc3)nc(-c3cccc(-n4c5ccccc5c5cc(-c6ccc7c8cccnc8n(-c8ccccc8)c7c6)ccc54)c3)n2)cc1. The molecule has 0 saturated heterocycles. The van der Waals surface area contributed by atoms with Gasteiger partial charge in [0.15, 0.2) is 5.82 Å². The second-order valence-electron chi connectivity index (χ2n) is 14.1. The lowest BCUT2D eigenvalue weighted by molar-refractivity contribution is 1.14. The number of benzene rings is 7. The second kappa shape index (κ2) is 13.0. The lowest BCUT2D eigenvalue weighted by Crippen LogP contribution is -1.98. The molecule has 0 aliphatic rings. The van der Waals surface area contributed by atoms with Crippen molar-refractivity contribution in [1.29, 1.82) is 0 Å². The Morgan fingerprint density at radius 3 is 1.68 bits per heavy atom. The average molecular weight is 716 g/mol. The molecule has 7 aromatic carbocycles. The first-order valence-corrected chi connectivity index (χ1v) is 18.9. The summed E-state index contributed by atoms with van der Waals surface area (Å²) in [5.74, 6) is 0.689. The monoisotopic (exact) mass is 715 g/mol. The van der Waals surface area contributed by atoms with Gasteiger partial charge in [-0.05, 0) is 77.9 Å². The summed E-state index contributed by atoms with van der Waals surface area (Å²) in [6.45, 7) is 0. The summed E-state index contributed by atoms with van der Waals surface area (Å²) in [7, 11) is 0. The average Bonchev–Trinajstić information content (AvgIpc) is 3.79. The molecule has 0 saturated carbocycles. The van der Waals surface area contributed by atoms with Crippen LogP contribution < -0.4 is 0 Å². The van der Waals surface area contributed by atoms with E-state index in [1.54, 1.807) is 0 Å². The highest BCUT2D eigenvalue weighted by atomic mass is 15.0. The molecule has 0 radical (unpaired) electrons. The van der Waals surface area contributed by atoms with Crippen LogP contribution in [0.4, 0.5) is 0 Å². The summed E-state index contributed by atoms with van der Waals surface area (Å²) in [6, 6.07) is 68.3. The molecule has 4 aromatic heterocycles. The topological polar surface area (TPSA) is 48.5 Å². The Hall–Kier alpha value is -7.63. The number of para-hydroxylation sites is 2. The van der Waals surface area contributed by atoms with E-state index in [1.807, 2.05) is 48.7 Å². The van der Waals surface area contributed by atoms with Gasteiger partial charge in [-0.1, -0.05) is 127 Å². The number of rotatable bonds is 6. The van der Waals surface area contributed by atoms with Crippen LogP contribution in [0.15, 0.2) is 200 Å². The molecule has 5 nitrogen and oxygen atoms in total. The summed E-state index contributed by atoms with van der Waals surface area (Å²) < 4.78 is 4.63. The number of hydrogen-bond acceptors (Lipinski definition) is 3. The van der Waals surface area contributed by atoms with Crippen LogP contribution in [0.1, 0.15) is 0 Å². The van der Waals surface area contributed by atoms with Gasteiger partial charge in [-0.2, -0.15) is 0 Å². The highest BCUT2D eigenvalue weighted by Gasteiger charge is 2.18.